The maximum Gasteiger partial charge on any atom is 0.00971 e. The molecule has 1 fully saturated rings. The molecule has 0 aromatic carbocycles. The fourth-order valence-electron chi connectivity index (χ4n) is 1.36. The fourth-order valence-corrected chi connectivity index (χ4v) is 1.36. The van der Waals surface area contributed by atoms with Crippen molar-refractivity contribution >= 4 is 0 Å². The lowest BCUT2D eigenvalue weighted by molar-refractivity contribution is 0.266. The van der Waals surface area contributed by atoms with Crippen molar-refractivity contribution in [2.24, 2.45) is 11.7 Å². The molecule has 0 atom stereocenters. The van der Waals surface area contributed by atoms with E-state index in [0.717, 1.165) is 5.92 Å². The summed E-state index contributed by atoms with van der Waals surface area (Å²) in [4.78, 5) is 0. The Kier molecular flexibility index (Phi) is 2.35. The van der Waals surface area contributed by atoms with Crippen LogP contribution in [-0.2, 0) is 0 Å². The number of nitrogens with two attached hydrogens (primary N) is 1. The maximum atomic E-state index is 5.86. The van der Waals surface area contributed by atoms with E-state index in [1.54, 1.807) is 0 Å². The number of hydrogen-bond acceptors (Lipinski definition) is 1. The van der Waals surface area contributed by atoms with Gasteiger partial charge in [-0.15, -0.1) is 0 Å². The summed E-state index contributed by atoms with van der Waals surface area (Å²) in [5, 5.41) is 0. The van der Waals surface area contributed by atoms with Crippen molar-refractivity contribution in [2.45, 2.75) is 51.5 Å². The van der Waals surface area contributed by atoms with E-state index in [1.807, 2.05) is 0 Å². The van der Waals surface area contributed by atoms with Crippen LogP contribution in [0.25, 0.3) is 0 Å². The smallest absolute Gasteiger partial charge is 0.00971 e. The molecule has 0 aliphatic heterocycles. The first-order valence-electron chi connectivity index (χ1n) is 4.37. The molecular weight excluding hydrogens is 122 g/mol. The second-order valence-corrected chi connectivity index (χ2v) is 4.32. The third kappa shape index (κ3) is 2.70. The predicted octanol–water partition coefficient (Wildman–Crippen LogP) is 2.30. The molecule has 0 aromatic rings. The topological polar surface area (TPSA) is 26.0 Å². The quantitative estimate of drug-likeness (QED) is 0.641. The first-order valence-corrected chi connectivity index (χ1v) is 4.37. The maximum absolute atomic E-state index is 5.86. The van der Waals surface area contributed by atoms with Crippen molar-refractivity contribution in [3.8, 4) is 0 Å². The minimum atomic E-state index is 0.0651. The molecule has 0 saturated heterocycles. The highest BCUT2D eigenvalue weighted by molar-refractivity contribution is 4.77. The summed E-state index contributed by atoms with van der Waals surface area (Å²) in [5.74, 6) is 1.02. The van der Waals surface area contributed by atoms with Gasteiger partial charge in [0.05, 0.1) is 0 Å². The van der Waals surface area contributed by atoms with Crippen molar-refractivity contribution in [3.05, 3.63) is 0 Å². The van der Waals surface area contributed by atoms with E-state index < -0.39 is 0 Å². The number of rotatable bonds is 3. The van der Waals surface area contributed by atoms with Gasteiger partial charge in [-0.25, -0.2) is 0 Å². The summed E-state index contributed by atoms with van der Waals surface area (Å²) >= 11 is 0. The van der Waals surface area contributed by atoms with Crippen LogP contribution in [0.3, 0.4) is 0 Å². The van der Waals surface area contributed by atoms with E-state index in [0.29, 0.717) is 0 Å². The molecule has 1 aliphatic rings. The molecule has 60 valence electrons. The molecule has 0 heterocycles. The molecule has 1 heteroatoms. The van der Waals surface area contributed by atoms with Crippen LogP contribution in [0.4, 0.5) is 0 Å². The third-order valence-electron chi connectivity index (χ3n) is 2.42. The van der Waals surface area contributed by atoms with Gasteiger partial charge in [0, 0.05) is 5.54 Å². The molecule has 1 saturated carbocycles. The van der Waals surface area contributed by atoms with E-state index in [2.05, 4.69) is 13.8 Å². The first-order chi connectivity index (χ1) is 4.58. The Morgan fingerprint density at radius 2 is 2.00 bits per heavy atom. The van der Waals surface area contributed by atoms with E-state index in [4.69, 9.17) is 5.73 Å². The average molecular weight is 141 g/mol. The van der Waals surface area contributed by atoms with E-state index >= 15 is 0 Å². The summed E-state index contributed by atoms with van der Waals surface area (Å²) in [6, 6.07) is 0. The van der Waals surface area contributed by atoms with Crippen LogP contribution in [0.2, 0.25) is 0 Å². The lowest BCUT2D eigenvalue weighted by Crippen LogP contribution is -2.32. The molecule has 1 rings (SSSR count). The zero-order chi connectivity index (χ0) is 7.61. The fraction of sp³-hybridized carbons (Fsp3) is 1.00. The molecular formula is C9H19N. The average Bonchev–Trinajstić information content (AvgIpc) is 1.56. The lowest BCUT2D eigenvalue weighted by atomic mass is 9.80. The first kappa shape index (κ1) is 8.06. The van der Waals surface area contributed by atoms with Gasteiger partial charge in [0.15, 0.2) is 0 Å². The Morgan fingerprint density at radius 3 is 2.30 bits per heavy atom. The predicted molar refractivity (Wildman–Crippen MR) is 44.8 cm³/mol. The van der Waals surface area contributed by atoms with Gasteiger partial charge in [0.1, 0.15) is 0 Å². The Bertz CT molecular complexity index is 97.8. The van der Waals surface area contributed by atoms with Gasteiger partial charge in [-0.2, -0.15) is 0 Å². The van der Waals surface area contributed by atoms with Gasteiger partial charge in [-0.05, 0) is 32.6 Å². The minimum absolute atomic E-state index is 0.0651. The Hall–Kier alpha value is -0.0400. The highest BCUT2D eigenvalue weighted by Crippen LogP contribution is 2.31. The number of hydrogen-bond donors (Lipinski definition) is 1. The standard InChI is InChI=1S/C9H19N/c1-9(2,10)7-6-8-4-3-5-8/h8H,3-7,10H2,1-2H3. The van der Waals surface area contributed by atoms with E-state index in [9.17, 15) is 0 Å². The normalized spacial score (nSPS) is 20.7. The second-order valence-electron chi connectivity index (χ2n) is 4.32. The molecule has 2 N–H and O–H groups in total. The molecule has 0 bridgehead atoms. The highest BCUT2D eigenvalue weighted by atomic mass is 14.7. The van der Waals surface area contributed by atoms with Gasteiger partial charge in [0.2, 0.25) is 0 Å². The zero-order valence-electron chi connectivity index (χ0n) is 7.19. The van der Waals surface area contributed by atoms with Crippen LogP contribution in [0.1, 0.15) is 46.0 Å². The largest absolute Gasteiger partial charge is 0.326 e. The summed E-state index contributed by atoms with van der Waals surface area (Å²) in [6.45, 7) is 4.23. The second kappa shape index (κ2) is 2.91. The molecule has 0 spiro atoms. The van der Waals surface area contributed by atoms with Crippen LogP contribution < -0.4 is 5.73 Å². The highest BCUT2D eigenvalue weighted by Gasteiger charge is 2.20. The molecule has 0 amide bonds. The van der Waals surface area contributed by atoms with Crippen LogP contribution in [-0.4, -0.2) is 5.54 Å². The van der Waals surface area contributed by atoms with Crippen molar-refractivity contribution in [2.75, 3.05) is 0 Å². The summed E-state index contributed by atoms with van der Waals surface area (Å²) in [7, 11) is 0. The molecule has 10 heavy (non-hydrogen) atoms. The van der Waals surface area contributed by atoms with Crippen LogP contribution in [0.5, 0.6) is 0 Å². The third-order valence-corrected chi connectivity index (χ3v) is 2.42. The Labute approximate surface area is 64.0 Å². The Balaban J connectivity index is 2.04. The van der Waals surface area contributed by atoms with E-state index in [-0.39, 0.29) is 5.54 Å². The van der Waals surface area contributed by atoms with Gasteiger partial charge in [0.25, 0.3) is 0 Å². The van der Waals surface area contributed by atoms with Crippen molar-refractivity contribution in [3.63, 3.8) is 0 Å². The summed E-state index contributed by atoms with van der Waals surface area (Å²) in [5.41, 5.74) is 5.93. The molecule has 0 aromatic heterocycles. The van der Waals surface area contributed by atoms with Crippen molar-refractivity contribution < 1.29 is 0 Å². The SMILES string of the molecule is CC(C)(N)CCC1CCC1. The van der Waals surface area contributed by atoms with Crippen molar-refractivity contribution in [1.29, 1.82) is 0 Å². The van der Waals surface area contributed by atoms with Crippen LogP contribution >= 0.6 is 0 Å². The molecule has 0 radical (unpaired) electrons. The Morgan fingerprint density at radius 1 is 1.40 bits per heavy atom. The van der Waals surface area contributed by atoms with Gasteiger partial charge >= 0.3 is 0 Å². The van der Waals surface area contributed by atoms with Crippen molar-refractivity contribution in [1.82, 2.24) is 0 Å². The van der Waals surface area contributed by atoms with Gasteiger partial charge in [-0.3, -0.25) is 0 Å². The molecule has 1 nitrogen and oxygen atoms in total. The summed E-state index contributed by atoms with van der Waals surface area (Å²) < 4.78 is 0. The van der Waals surface area contributed by atoms with Gasteiger partial charge < -0.3 is 5.73 Å². The van der Waals surface area contributed by atoms with Crippen LogP contribution in [0.15, 0.2) is 0 Å². The monoisotopic (exact) mass is 141 g/mol. The minimum Gasteiger partial charge on any atom is -0.326 e. The summed E-state index contributed by atoms with van der Waals surface area (Å²) in [6.07, 6.45) is 6.91. The van der Waals surface area contributed by atoms with Gasteiger partial charge in [-0.1, -0.05) is 19.3 Å². The molecule has 0 unspecified atom stereocenters. The zero-order valence-corrected chi connectivity index (χ0v) is 7.19. The van der Waals surface area contributed by atoms with Crippen LogP contribution in [0, 0.1) is 5.92 Å². The molecule has 1 aliphatic carbocycles. The van der Waals surface area contributed by atoms with E-state index in [1.165, 1.54) is 32.1 Å². The lowest BCUT2D eigenvalue weighted by Gasteiger charge is -2.28.